The average Bonchev–Trinajstić information content (AvgIpc) is 3.74. The Balaban J connectivity index is 1.38. The van der Waals surface area contributed by atoms with E-state index in [0.717, 1.165) is 22.3 Å². The molecular formula is C42H32O9. The molecule has 2 aliphatic carbocycles. The molecule has 0 amide bonds. The lowest BCUT2D eigenvalue weighted by Gasteiger charge is -2.26. The highest BCUT2D eigenvalue weighted by molar-refractivity contribution is 5.72. The minimum atomic E-state index is -0.702. The number of ether oxygens (including phenoxy) is 1. The van der Waals surface area contributed by atoms with Crippen molar-refractivity contribution >= 4 is 0 Å². The molecule has 254 valence electrons. The van der Waals surface area contributed by atoms with Gasteiger partial charge in [0.25, 0.3) is 0 Å². The Morgan fingerprint density at radius 1 is 0.353 bits per heavy atom. The Kier molecular flexibility index (Phi) is 6.60. The van der Waals surface area contributed by atoms with E-state index in [0.29, 0.717) is 33.6 Å². The lowest BCUT2D eigenvalue weighted by atomic mass is 9.75. The van der Waals surface area contributed by atoms with Crippen molar-refractivity contribution in [2.24, 2.45) is 0 Å². The summed E-state index contributed by atoms with van der Waals surface area (Å²) in [6, 6.07) is 29.1. The molecular weight excluding hydrogens is 648 g/mol. The highest BCUT2D eigenvalue weighted by atomic mass is 16.5. The second kappa shape index (κ2) is 11.0. The molecule has 1 aliphatic heterocycles. The van der Waals surface area contributed by atoms with Gasteiger partial charge in [0, 0.05) is 58.6 Å². The Morgan fingerprint density at radius 2 is 0.843 bits per heavy atom. The molecule has 6 aromatic carbocycles. The number of fused-ring (bicyclic) bond motifs is 7. The molecule has 0 bridgehead atoms. The van der Waals surface area contributed by atoms with Gasteiger partial charge in [-0.1, -0.05) is 36.4 Å². The van der Waals surface area contributed by atoms with Gasteiger partial charge in [-0.2, -0.15) is 0 Å². The van der Waals surface area contributed by atoms with E-state index >= 15 is 0 Å². The molecule has 0 radical (unpaired) electrons. The molecule has 9 heteroatoms. The largest absolute Gasteiger partial charge is 0.508 e. The highest BCUT2D eigenvalue weighted by Crippen LogP contribution is 2.72. The quantitative estimate of drug-likeness (QED) is 0.0927. The minimum absolute atomic E-state index is 0.0181. The van der Waals surface area contributed by atoms with Crippen molar-refractivity contribution < 1.29 is 45.6 Å². The summed E-state index contributed by atoms with van der Waals surface area (Å²) >= 11 is 0. The number of aromatic hydroxyl groups is 8. The molecule has 51 heavy (non-hydrogen) atoms. The van der Waals surface area contributed by atoms with Crippen molar-refractivity contribution in [3.05, 3.63) is 159 Å². The molecule has 0 fully saturated rings. The van der Waals surface area contributed by atoms with Crippen LogP contribution in [-0.4, -0.2) is 40.9 Å². The van der Waals surface area contributed by atoms with Crippen LogP contribution in [0.25, 0.3) is 0 Å². The van der Waals surface area contributed by atoms with Crippen LogP contribution in [0.5, 0.6) is 51.7 Å². The number of phenols is 8. The summed E-state index contributed by atoms with van der Waals surface area (Å²) in [7, 11) is 0. The Hall–Kier alpha value is -6.48. The topological polar surface area (TPSA) is 171 Å². The summed E-state index contributed by atoms with van der Waals surface area (Å²) in [6.45, 7) is 0. The molecule has 1 heterocycles. The first-order valence-electron chi connectivity index (χ1n) is 16.6. The smallest absolute Gasteiger partial charge is 0.135 e. The zero-order valence-electron chi connectivity index (χ0n) is 26.8. The second-order valence-electron chi connectivity index (χ2n) is 13.7. The van der Waals surface area contributed by atoms with Crippen molar-refractivity contribution in [2.75, 3.05) is 0 Å². The first-order valence-corrected chi connectivity index (χ1v) is 16.6. The molecule has 0 spiro atoms. The van der Waals surface area contributed by atoms with Crippen LogP contribution in [0.2, 0.25) is 0 Å². The van der Waals surface area contributed by atoms with Gasteiger partial charge in [-0.25, -0.2) is 0 Å². The normalized spacial score (nSPS) is 22.5. The van der Waals surface area contributed by atoms with Crippen LogP contribution in [0.4, 0.5) is 0 Å². The summed E-state index contributed by atoms with van der Waals surface area (Å²) in [6.07, 6.45) is -0.702. The van der Waals surface area contributed by atoms with Gasteiger partial charge in [-0.05, 0) is 88.0 Å². The van der Waals surface area contributed by atoms with Gasteiger partial charge < -0.3 is 45.6 Å². The van der Waals surface area contributed by atoms with Crippen LogP contribution in [0.3, 0.4) is 0 Å². The van der Waals surface area contributed by atoms with E-state index in [-0.39, 0.29) is 46.0 Å². The molecule has 0 unspecified atom stereocenters. The summed E-state index contributed by atoms with van der Waals surface area (Å²) in [5.74, 6) is -2.43. The van der Waals surface area contributed by atoms with E-state index in [1.54, 1.807) is 97.1 Å². The van der Waals surface area contributed by atoms with Crippen molar-refractivity contribution in [1.82, 2.24) is 0 Å². The first kappa shape index (κ1) is 30.6. The molecule has 6 atom stereocenters. The van der Waals surface area contributed by atoms with E-state index in [1.165, 1.54) is 12.1 Å². The van der Waals surface area contributed by atoms with Crippen LogP contribution in [0, 0.1) is 0 Å². The minimum Gasteiger partial charge on any atom is -0.508 e. The maximum Gasteiger partial charge on any atom is 0.135 e. The van der Waals surface area contributed by atoms with Gasteiger partial charge in [0.1, 0.15) is 57.8 Å². The van der Waals surface area contributed by atoms with Crippen molar-refractivity contribution in [2.45, 2.75) is 35.7 Å². The predicted octanol–water partition coefficient (Wildman–Crippen LogP) is 7.76. The fraction of sp³-hybridized carbons (Fsp3) is 0.143. The van der Waals surface area contributed by atoms with Gasteiger partial charge >= 0.3 is 0 Å². The fourth-order valence-electron chi connectivity index (χ4n) is 9.08. The summed E-state index contributed by atoms with van der Waals surface area (Å²) < 4.78 is 6.71. The molecule has 9 rings (SSSR count). The average molecular weight is 681 g/mol. The van der Waals surface area contributed by atoms with E-state index in [2.05, 4.69) is 0 Å². The summed E-state index contributed by atoms with van der Waals surface area (Å²) in [4.78, 5) is 0. The monoisotopic (exact) mass is 680 g/mol. The second-order valence-corrected chi connectivity index (χ2v) is 13.7. The lowest BCUT2D eigenvalue weighted by Crippen LogP contribution is -2.14. The number of benzene rings is 6. The number of phenolic OH excluding ortho intramolecular Hbond substituents is 8. The van der Waals surface area contributed by atoms with Gasteiger partial charge in [0.2, 0.25) is 0 Å². The maximum atomic E-state index is 12.1. The number of hydrogen-bond donors (Lipinski definition) is 8. The third-order valence-electron chi connectivity index (χ3n) is 10.9. The zero-order chi connectivity index (χ0) is 35.3. The van der Waals surface area contributed by atoms with Crippen LogP contribution >= 0.6 is 0 Å². The Bertz CT molecular complexity index is 2330. The Morgan fingerprint density at radius 3 is 1.41 bits per heavy atom. The summed E-state index contributed by atoms with van der Waals surface area (Å²) in [5.41, 5.74) is 6.25. The van der Waals surface area contributed by atoms with Gasteiger partial charge in [-0.3, -0.25) is 0 Å². The van der Waals surface area contributed by atoms with Crippen LogP contribution in [-0.2, 0) is 0 Å². The van der Waals surface area contributed by atoms with Crippen LogP contribution in [0.1, 0.15) is 85.8 Å². The Labute approximate surface area is 291 Å². The molecule has 0 aromatic heterocycles. The molecule has 6 aromatic rings. The molecule has 0 saturated carbocycles. The fourth-order valence-corrected chi connectivity index (χ4v) is 9.08. The zero-order valence-corrected chi connectivity index (χ0v) is 26.8. The number of hydrogen-bond acceptors (Lipinski definition) is 9. The molecule has 3 aliphatic rings. The van der Waals surface area contributed by atoms with Gasteiger partial charge in [0.05, 0.1) is 5.92 Å². The predicted molar refractivity (Wildman–Crippen MR) is 186 cm³/mol. The van der Waals surface area contributed by atoms with E-state index in [1.807, 2.05) is 0 Å². The highest BCUT2D eigenvalue weighted by Gasteiger charge is 2.57. The summed E-state index contributed by atoms with van der Waals surface area (Å²) in [5, 5.41) is 86.6. The molecule has 8 N–H and O–H groups in total. The standard InChI is InChI=1S/C42H32O9/c43-23-7-1-19(2-8-23)33-36-29(16-28(48)17-30(36)49)37-34(20-3-9-24(44)10-4-20)38-31(50)18-32-39(41(38)40(33)37)35(22-13-26(46)15-27(47)14-22)42(51-32)21-5-11-25(45)12-6-21/h1-18,33-35,37,40,42-50H/t33-,34+,35-,37+,40+,42+/m1/s1. The number of rotatable bonds is 4. The molecule has 9 nitrogen and oxygen atoms in total. The third-order valence-corrected chi connectivity index (χ3v) is 10.9. The van der Waals surface area contributed by atoms with E-state index < -0.39 is 35.7 Å². The lowest BCUT2D eigenvalue weighted by molar-refractivity contribution is 0.221. The third kappa shape index (κ3) is 4.61. The maximum absolute atomic E-state index is 12.1. The van der Waals surface area contributed by atoms with Crippen molar-refractivity contribution in [3.63, 3.8) is 0 Å². The van der Waals surface area contributed by atoms with Gasteiger partial charge in [-0.15, -0.1) is 0 Å². The first-order chi connectivity index (χ1) is 24.6. The van der Waals surface area contributed by atoms with Crippen LogP contribution < -0.4 is 4.74 Å². The van der Waals surface area contributed by atoms with Gasteiger partial charge in [0.15, 0.2) is 0 Å². The molecule has 0 saturated heterocycles. The van der Waals surface area contributed by atoms with Crippen molar-refractivity contribution in [1.29, 1.82) is 0 Å². The van der Waals surface area contributed by atoms with E-state index in [9.17, 15) is 40.9 Å². The van der Waals surface area contributed by atoms with E-state index in [4.69, 9.17) is 4.74 Å². The SMILES string of the molecule is Oc1ccc([C@@H]2c3c(O)cc4c(c3[C@H]3[C@H](c5ccc(O)cc5)c5c(O)cc(O)cc5[C@@H]23)[C@@H](c2cc(O)cc(O)c2)[C@H](c2ccc(O)cc2)O4)cc1. The van der Waals surface area contributed by atoms with Crippen molar-refractivity contribution in [3.8, 4) is 51.7 Å². The van der Waals surface area contributed by atoms with Crippen LogP contribution in [0.15, 0.2) is 109 Å².